The molecule has 3 N–H and O–H groups in total. The molecule has 6 aliphatic rings. The molecule has 3 aromatic carbocycles. The fraction of sp³-hybridized carbons (Fsp3) is 0.308. The molecule has 95 heavy (non-hydrogen) atoms. The lowest BCUT2D eigenvalue weighted by atomic mass is 9.88. The predicted molar refractivity (Wildman–Crippen MR) is 382 cm³/mol. The number of likely N-dealkylation sites (tertiary alicyclic amines) is 3. The van der Waals surface area contributed by atoms with Gasteiger partial charge in [-0.25, -0.2) is 4.57 Å². The van der Waals surface area contributed by atoms with Gasteiger partial charge in [0.05, 0.1) is 17.1 Å². The normalized spacial score (nSPS) is 16.5. The van der Waals surface area contributed by atoms with Crippen LogP contribution in [-0.2, 0) is 62.7 Å². The van der Waals surface area contributed by atoms with Gasteiger partial charge in [0.15, 0.2) is 0 Å². The maximum absolute atomic E-state index is 8.88. The maximum Gasteiger partial charge on any atom is 0.466 e. The van der Waals surface area contributed by atoms with Gasteiger partial charge in [-0.2, -0.15) is 0 Å². The van der Waals surface area contributed by atoms with E-state index in [0.29, 0.717) is 0 Å². The molecule has 15 rings (SSSR count). The average Bonchev–Trinajstić information content (AvgIpc) is 1.75. The highest BCUT2D eigenvalue weighted by Crippen LogP contribution is 2.42. The van der Waals surface area contributed by atoms with Crippen LogP contribution in [0.15, 0.2) is 182 Å². The average molecular weight is 1350 g/mol. The fourth-order valence-electron chi connectivity index (χ4n) is 14.5. The van der Waals surface area contributed by atoms with Gasteiger partial charge >= 0.3 is 7.82 Å². The van der Waals surface area contributed by atoms with Crippen LogP contribution in [0.4, 0.5) is 0 Å². The minimum Gasteiger partial charge on any atom is -0.303 e. The predicted octanol–water partition coefficient (Wildman–Crippen LogP) is 16.0. The number of aromatic nitrogens is 6. The molecule has 3 fully saturated rings. The number of nitrogens with zero attached hydrogens (tertiary/aromatic N) is 9. The van der Waals surface area contributed by atoms with Crippen molar-refractivity contribution in [1.29, 1.82) is 0 Å². The largest absolute Gasteiger partial charge is 0.466 e. The van der Waals surface area contributed by atoms with Crippen LogP contribution >= 0.6 is 42.6 Å². The summed E-state index contributed by atoms with van der Waals surface area (Å²) in [4.78, 5) is 56.8. The number of piperidine rings is 3. The van der Waals surface area contributed by atoms with Crippen molar-refractivity contribution in [3.63, 3.8) is 0 Å². The second-order valence-electron chi connectivity index (χ2n) is 25.8. The van der Waals surface area contributed by atoms with Gasteiger partial charge in [0.2, 0.25) is 0 Å². The Bertz CT molecular complexity index is 3950. The van der Waals surface area contributed by atoms with Crippen LogP contribution in [-0.4, -0.2) is 98.6 Å². The second kappa shape index (κ2) is 31.2. The lowest BCUT2D eigenvalue weighted by molar-refractivity contribution is 0.248. The summed E-state index contributed by atoms with van der Waals surface area (Å²) in [6.07, 6.45) is 30.1. The van der Waals surface area contributed by atoms with Crippen molar-refractivity contribution in [3.05, 3.63) is 297 Å². The molecule has 0 bridgehead atoms. The summed E-state index contributed by atoms with van der Waals surface area (Å²) in [6.45, 7) is 15.6. The van der Waals surface area contributed by atoms with E-state index in [2.05, 4.69) is 141 Å². The number of hydrogen-bond acceptors (Lipinski definition) is 10. The molecule has 6 aromatic heterocycles. The smallest absolute Gasteiger partial charge is 0.303 e. The van der Waals surface area contributed by atoms with Gasteiger partial charge < -0.3 is 14.7 Å². The molecule has 488 valence electrons. The van der Waals surface area contributed by atoms with Crippen molar-refractivity contribution in [2.45, 2.75) is 117 Å². The van der Waals surface area contributed by atoms with Crippen molar-refractivity contribution in [2.75, 3.05) is 39.3 Å². The van der Waals surface area contributed by atoms with Crippen molar-refractivity contribution in [3.8, 4) is 0 Å². The molecule has 9 aromatic rings. The standard InChI is InChI=1S/3C26H26ClN3.H3O4P/c3*1-18-13-19(16-28-15-18)17-30-11-8-20(9-12-30)25-24-7-6-23(27)14-22(24)5-4-21-3-2-10-29-26(21)25;1-5(2,3)4/h3*2-3,6-7,10,13-16H,4-5,8-9,11-12,17H2,1H3;(H3,1,2,3,4). The summed E-state index contributed by atoms with van der Waals surface area (Å²) in [5.74, 6) is 0. The van der Waals surface area contributed by atoms with Crippen LogP contribution in [0.2, 0.25) is 15.1 Å². The van der Waals surface area contributed by atoms with Gasteiger partial charge in [0.25, 0.3) is 0 Å². The van der Waals surface area contributed by atoms with E-state index in [0.717, 1.165) is 151 Å². The van der Waals surface area contributed by atoms with Gasteiger partial charge in [-0.05, 0) is 236 Å². The Morgan fingerprint density at radius 2 is 0.632 bits per heavy atom. The summed E-state index contributed by atoms with van der Waals surface area (Å²) >= 11 is 19.0. The highest BCUT2D eigenvalue weighted by Gasteiger charge is 2.29. The zero-order chi connectivity index (χ0) is 66.0. The number of benzene rings is 3. The number of rotatable bonds is 6. The van der Waals surface area contributed by atoms with E-state index in [1.54, 1.807) is 0 Å². The number of phosphoric acid groups is 1. The van der Waals surface area contributed by atoms with Crippen molar-refractivity contribution < 1.29 is 19.2 Å². The Morgan fingerprint density at radius 3 is 0.895 bits per heavy atom. The Hall–Kier alpha value is -7.36. The zero-order valence-electron chi connectivity index (χ0n) is 54.3. The Balaban J connectivity index is 0.000000132. The molecule has 17 heteroatoms. The molecular formula is C78H81Cl3N9O4P. The third-order valence-electron chi connectivity index (χ3n) is 18.8. The van der Waals surface area contributed by atoms with Crippen LogP contribution in [0.3, 0.4) is 0 Å². The quantitative estimate of drug-likeness (QED) is 0.135. The van der Waals surface area contributed by atoms with Gasteiger partial charge in [0.1, 0.15) is 0 Å². The highest BCUT2D eigenvalue weighted by atomic mass is 35.5. The first-order valence-electron chi connectivity index (χ1n) is 33.0. The van der Waals surface area contributed by atoms with Crippen LogP contribution in [0.5, 0.6) is 0 Å². The van der Waals surface area contributed by atoms with Crippen molar-refractivity contribution in [2.24, 2.45) is 0 Å². The van der Waals surface area contributed by atoms with Crippen LogP contribution in [0.1, 0.15) is 139 Å². The van der Waals surface area contributed by atoms with Crippen LogP contribution in [0, 0.1) is 20.8 Å². The van der Waals surface area contributed by atoms with E-state index in [9.17, 15) is 0 Å². The van der Waals surface area contributed by atoms with E-state index >= 15 is 0 Å². The maximum atomic E-state index is 8.88. The lowest BCUT2D eigenvalue weighted by Gasteiger charge is -2.30. The molecule has 0 radical (unpaired) electrons. The van der Waals surface area contributed by atoms with Gasteiger partial charge in [0, 0.05) is 146 Å². The minimum absolute atomic E-state index is 0.818. The van der Waals surface area contributed by atoms with Crippen LogP contribution < -0.4 is 0 Å². The number of fused-ring (bicyclic) bond motifs is 6. The molecule has 0 atom stereocenters. The zero-order valence-corrected chi connectivity index (χ0v) is 57.5. The summed E-state index contributed by atoms with van der Waals surface area (Å²) in [7, 11) is -4.64. The number of halogens is 3. The monoisotopic (exact) mass is 1340 g/mol. The first-order chi connectivity index (χ1) is 46.0. The van der Waals surface area contributed by atoms with E-state index in [1.807, 2.05) is 74.0 Å². The second-order valence-corrected chi connectivity index (χ2v) is 28.2. The van der Waals surface area contributed by atoms with Gasteiger partial charge in [-0.1, -0.05) is 106 Å². The summed E-state index contributed by atoms with van der Waals surface area (Å²) < 4.78 is 8.88. The molecule has 0 amide bonds. The number of hydrogen-bond donors (Lipinski definition) is 3. The number of aryl methyl sites for hydroxylation is 9. The molecule has 0 saturated carbocycles. The lowest BCUT2D eigenvalue weighted by Crippen LogP contribution is -2.30. The summed E-state index contributed by atoms with van der Waals surface area (Å²) in [5, 5.41) is 2.45. The minimum atomic E-state index is -4.64. The van der Waals surface area contributed by atoms with Gasteiger partial charge in [-0.15, -0.1) is 0 Å². The van der Waals surface area contributed by atoms with E-state index in [-0.39, 0.29) is 0 Å². The first kappa shape index (κ1) is 67.6. The molecule has 0 unspecified atom stereocenters. The summed E-state index contributed by atoms with van der Waals surface area (Å²) in [6, 6.07) is 38.7. The Kier molecular flexibility index (Phi) is 22.2. The molecule has 0 spiro atoms. The molecule has 9 heterocycles. The molecular weight excluding hydrogens is 1260 g/mol. The van der Waals surface area contributed by atoms with Crippen molar-refractivity contribution in [1.82, 2.24) is 44.6 Å². The topological polar surface area (TPSA) is 165 Å². The molecule has 3 aliphatic heterocycles. The van der Waals surface area contributed by atoms with Crippen molar-refractivity contribution >= 4 is 59.3 Å². The first-order valence-corrected chi connectivity index (χ1v) is 35.7. The SMILES string of the molecule is Cc1cncc(CN2CCC(=C3c4ccc(Cl)cc4CCc4cccnc43)CC2)c1.Cc1cncc(CN2CCC(=C3c4ccc(Cl)cc4CCc4cccnc43)CC2)c1.Cc1cncc(CN2CCC(=C3c4ccc(Cl)cc4CCc4cccnc43)CC2)c1.O=P(O)(O)O. The third-order valence-corrected chi connectivity index (χ3v) is 19.5. The molecule has 3 saturated heterocycles. The Morgan fingerprint density at radius 1 is 0.368 bits per heavy atom. The molecule has 13 nitrogen and oxygen atoms in total. The van der Waals surface area contributed by atoms with Crippen LogP contribution in [0.25, 0.3) is 16.7 Å². The third kappa shape index (κ3) is 17.6. The van der Waals surface area contributed by atoms with Gasteiger partial charge in [-0.3, -0.25) is 44.6 Å². The van der Waals surface area contributed by atoms with E-state index in [1.165, 1.54) is 134 Å². The Labute approximate surface area is 573 Å². The summed E-state index contributed by atoms with van der Waals surface area (Å²) in [5.41, 5.74) is 31.8. The van der Waals surface area contributed by atoms with E-state index < -0.39 is 7.82 Å². The fourth-order valence-corrected chi connectivity index (χ4v) is 15.1. The number of pyridine rings is 6. The van der Waals surface area contributed by atoms with E-state index in [4.69, 9.17) is 69.0 Å². The highest BCUT2D eigenvalue weighted by molar-refractivity contribution is 7.45. The molecule has 3 aliphatic carbocycles.